The molecule has 0 spiro atoms. The molecule has 2 aromatic carbocycles. The number of hydrogen-bond acceptors (Lipinski definition) is 2. The lowest BCUT2D eigenvalue weighted by molar-refractivity contribution is -0.119. The Kier molecular flexibility index (Phi) is 5.53. The zero-order chi connectivity index (χ0) is 15.9. The van der Waals surface area contributed by atoms with Gasteiger partial charge in [0.05, 0.1) is 6.54 Å². The van der Waals surface area contributed by atoms with Gasteiger partial charge in [-0.1, -0.05) is 18.2 Å². The fourth-order valence-corrected chi connectivity index (χ4v) is 2.32. The van der Waals surface area contributed by atoms with Crippen LogP contribution >= 0.6 is 0 Å². The van der Waals surface area contributed by atoms with E-state index in [2.05, 4.69) is 16.7 Å². The van der Waals surface area contributed by atoms with Crippen LogP contribution in [0.5, 0.6) is 0 Å². The third-order valence-electron chi connectivity index (χ3n) is 3.32. The van der Waals surface area contributed by atoms with Crippen molar-refractivity contribution in [2.24, 2.45) is 0 Å². The third kappa shape index (κ3) is 5.20. The molecule has 2 aromatic rings. The molecule has 2 rings (SSSR count). The lowest BCUT2D eigenvalue weighted by Gasteiger charge is -2.09. The Labute approximate surface area is 130 Å². The summed E-state index contributed by atoms with van der Waals surface area (Å²) in [6.45, 7) is 4.84. The summed E-state index contributed by atoms with van der Waals surface area (Å²) in [5, 5.41) is 5.97. The van der Waals surface area contributed by atoms with Crippen molar-refractivity contribution in [1.29, 1.82) is 0 Å². The number of anilines is 1. The van der Waals surface area contributed by atoms with E-state index < -0.39 is 0 Å². The minimum Gasteiger partial charge on any atom is -0.376 e. The van der Waals surface area contributed by atoms with Crippen LogP contribution in [0.15, 0.2) is 42.5 Å². The van der Waals surface area contributed by atoms with Crippen LogP contribution in [-0.2, 0) is 11.2 Å². The fourth-order valence-electron chi connectivity index (χ4n) is 2.32. The van der Waals surface area contributed by atoms with E-state index in [1.165, 1.54) is 23.3 Å². The van der Waals surface area contributed by atoms with Gasteiger partial charge in [0.15, 0.2) is 0 Å². The van der Waals surface area contributed by atoms with Crippen molar-refractivity contribution in [2.75, 3.05) is 18.4 Å². The predicted octanol–water partition coefficient (Wildman–Crippen LogP) is 3.21. The number of carbonyl (C=O) groups is 1. The second-order valence-corrected chi connectivity index (χ2v) is 5.46. The van der Waals surface area contributed by atoms with Crippen LogP contribution in [0.2, 0.25) is 0 Å². The molecule has 0 fully saturated rings. The largest absolute Gasteiger partial charge is 0.376 e. The summed E-state index contributed by atoms with van der Waals surface area (Å²) in [6, 6.07) is 12.4. The number of nitrogens with one attached hydrogen (secondary N) is 2. The summed E-state index contributed by atoms with van der Waals surface area (Å²) in [5.41, 5.74) is 4.29. The fraction of sp³-hybridized carbons (Fsp3) is 0.278. The van der Waals surface area contributed by atoms with Gasteiger partial charge >= 0.3 is 0 Å². The van der Waals surface area contributed by atoms with Crippen molar-refractivity contribution in [3.63, 3.8) is 0 Å². The van der Waals surface area contributed by atoms with Crippen LogP contribution in [0.4, 0.5) is 10.1 Å². The molecule has 0 aromatic heterocycles. The number of amides is 1. The number of aryl methyl sites for hydroxylation is 2. The normalized spacial score (nSPS) is 10.3. The van der Waals surface area contributed by atoms with E-state index in [0.29, 0.717) is 13.0 Å². The van der Waals surface area contributed by atoms with Crippen LogP contribution in [0.3, 0.4) is 0 Å². The molecule has 0 saturated heterocycles. The average molecular weight is 300 g/mol. The molecule has 2 N–H and O–H groups in total. The summed E-state index contributed by atoms with van der Waals surface area (Å²) in [4.78, 5) is 11.8. The van der Waals surface area contributed by atoms with Crippen LogP contribution in [0.25, 0.3) is 0 Å². The van der Waals surface area contributed by atoms with Gasteiger partial charge in [-0.3, -0.25) is 4.79 Å². The highest BCUT2D eigenvalue weighted by Crippen LogP contribution is 2.13. The highest BCUT2D eigenvalue weighted by molar-refractivity contribution is 5.80. The third-order valence-corrected chi connectivity index (χ3v) is 3.32. The maximum absolute atomic E-state index is 12.8. The standard InChI is InChI=1S/C18H21FN2O/c1-13-9-14(2)11-17(10-13)21-12-18(22)20-8-7-15-3-5-16(19)6-4-15/h3-6,9-11,21H,7-8,12H2,1-2H3,(H,20,22). The number of benzene rings is 2. The van der Waals surface area contributed by atoms with Gasteiger partial charge in [0.2, 0.25) is 5.91 Å². The first-order valence-corrected chi connectivity index (χ1v) is 7.36. The molecular formula is C18H21FN2O. The summed E-state index contributed by atoms with van der Waals surface area (Å²) in [7, 11) is 0. The molecule has 116 valence electrons. The lowest BCUT2D eigenvalue weighted by Crippen LogP contribution is -2.31. The van der Waals surface area contributed by atoms with E-state index in [-0.39, 0.29) is 18.3 Å². The van der Waals surface area contributed by atoms with Gasteiger partial charge in [-0.05, 0) is 61.2 Å². The molecule has 0 saturated carbocycles. The molecule has 0 heterocycles. The highest BCUT2D eigenvalue weighted by Gasteiger charge is 2.02. The summed E-state index contributed by atoms with van der Waals surface area (Å²) < 4.78 is 12.8. The van der Waals surface area contributed by atoms with Gasteiger partial charge in [0.25, 0.3) is 0 Å². The van der Waals surface area contributed by atoms with Crippen molar-refractivity contribution < 1.29 is 9.18 Å². The Bertz CT molecular complexity index is 618. The highest BCUT2D eigenvalue weighted by atomic mass is 19.1. The first-order chi connectivity index (χ1) is 10.5. The van der Waals surface area contributed by atoms with Gasteiger partial charge in [-0.15, -0.1) is 0 Å². The maximum Gasteiger partial charge on any atom is 0.239 e. The van der Waals surface area contributed by atoms with Crippen LogP contribution < -0.4 is 10.6 Å². The van der Waals surface area contributed by atoms with Gasteiger partial charge in [0.1, 0.15) is 5.82 Å². The van der Waals surface area contributed by atoms with Crippen molar-refractivity contribution in [1.82, 2.24) is 5.32 Å². The molecule has 0 aliphatic heterocycles. The second-order valence-electron chi connectivity index (χ2n) is 5.46. The predicted molar refractivity (Wildman–Crippen MR) is 87.5 cm³/mol. The summed E-state index contributed by atoms with van der Waals surface area (Å²) >= 11 is 0. The van der Waals surface area contributed by atoms with Crippen LogP contribution in [-0.4, -0.2) is 19.0 Å². The smallest absolute Gasteiger partial charge is 0.239 e. The Morgan fingerprint density at radius 1 is 1.05 bits per heavy atom. The molecule has 0 radical (unpaired) electrons. The number of halogens is 1. The minimum atomic E-state index is -0.245. The Hall–Kier alpha value is -2.36. The van der Waals surface area contributed by atoms with Gasteiger partial charge in [0, 0.05) is 12.2 Å². The minimum absolute atomic E-state index is 0.0544. The van der Waals surface area contributed by atoms with Gasteiger partial charge in [-0.25, -0.2) is 4.39 Å². The molecule has 0 aliphatic rings. The monoisotopic (exact) mass is 300 g/mol. The molecule has 3 nitrogen and oxygen atoms in total. The molecule has 0 bridgehead atoms. The number of hydrogen-bond donors (Lipinski definition) is 2. The molecule has 1 amide bonds. The maximum atomic E-state index is 12.8. The second kappa shape index (κ2) is 7.59. The summed E-state index contributed by atoms with van der Waals surface area (Å²) in [6.07, 6.45) is 0.690. The van der Waals surface area contributed by atoms with E-state index in [4.69, 9.17) is 0 Å². The zero-order valence-electron chi connectivity index (χ0n) is 12.9. The molecule has 0 aliphatic carbocycles. The van der Waals surface area contributed by atoms with Crippen molar-refractivity contribution in [3.8, 4) is 0 Å². The first kappa shape index (κ1) is 16.0. The number of carbonyl (C=O) groups excluding carboxylic acids is 1. The molecule has 0 atom stereocenters. The van der Waals surface area contributed by atoms with Crippen molar-refractivity contribution >= 4 is 11.6 Å². The van der Waals surface area contributed by atoms with Crippen LogP contribution in [0.1, 0.15) is 16.7 Å². The van der Waals surface area contributed by atoms with Gasteiger partial charge in [-0.2, -0.15) is 0 Å². The van der Waals surface area contributed by atoms with E-state index in [1.54, 1.807) is 12.1 Å². The lowest BCUT2D eigenvalue weighted by atomic mass is 10.1. The molecular weight excluding hydrogens is 279 g/mol. The topological polar surface area (TPSA) is 41.1 Å². The molecule has 22 heavy (non-hydrogen) atoms. The SMILES string of the molecule is Cc1cc(C)cc(NCC(=O)NCCc2ccc(F)cc2)c1. The Morgan fingerprint density at radius 2 is 1.68 bits per heavy atom. The molecule has 0 unspecified atom stereocenters. The van der Waals surface area contributed by atoms with Crippen molar-refractivity contribution in [2.45, 2.75) is 20.3 Å². The van der Waals surface area contributed by atoms with Crippen molar-refractivity contribution in [3.05, 3.63) is 65.0 Å². The first-order valence-electron chi connectivity index (χ1n) is 7.36. The Morgan fingerprint density at radius 3 is 2.32 bits per heavy atom. The average Bonchev–Trinajstić information content (AvgIpc) is 2.46. The van der Waals surface area contributed by atoms with E-state index in [9.17, 15) is 9.18 Å². The number of rotatable bonds is 6. The quantitative estimate of drug-likeness (QED) is 0.860. The molecule has 4 heteroatoms. The Balaban J connectivity index is 1.72. The van der Waals surface area contributed by atoms with Crippen LogP contribution in [0, 0.1) is 19.7 Å². The van der Waals surface area contributed by atoms with Gasteiger partial charge < -0.3 is 10.6 Å². The zero-order valence-corrected chi connectivity index (χ0v) is 12.9. The van der Waals surface area contributed by atoms with E-state index in [1.807, 2.05) is 26.0 Å². The van der Waals surface area contributed by atoms with E-state index in [0.717, 1.165) is 11.3 Å². The summed E-state index contributed by atoms with van der Waals surface area (Å²) in [5.74, 6) is -0.299. The van der Waals surface area contributed by atoms with E-state index >= 15 is 0 Å².